The third kappa shape index (κ3) is 4.57. The number of nitrogens with zero attached hydrogens (tertiary/aromatic N) is 2. The Morgan fingerprint density at radius 1 is 1.10 bits per heavy atom. The molecule has 0 saturated heterocycles. The molecule has 150 valence electrons. The molecule has 0 bridgehead atoms. The normalized spacial score (nSPS) is 10.6. The van der Waals surface area contributed by atoms with Gasteiger partial charge in [-0.3, -0.25) is 0 Å². The van der Waals surface area contributed by atoms with Crippen molar-refractivity contribution >= 4 is 23.5 Å². The van der Waals surface area contributed by atoms with Crippen LogP contribution >= 0.6 is 11.6 Å². The first-order chi connectivity index (χ1) is 13.9. The van der Waals surface area contributed by atoms with Gasteiger partial charge in [-0.2, -0.15) is 5.10 Å². The molecule has 0 aliphatic carbocycles. The Kier molecular flexibility index (Phi) is 6.19. The van der Waals surface area contributed by atoms with Crippen LogP contribution in [-0.2, 0) is 9.53 Å². The molecule has 3 rings (SSSR count). The molecule has 0 atom stereocenters. The molecule has 1 N–H and O–H groups in total. The van der Waals surface area contributed by atoms with E-state index >= 15 is 0 Å². The van der Waals surface area contributed by atoms with Crippen LogP contribution in [0.2, 0.25) is 5.02 Å². The number of carboxylic acids is 1. The quantitative estimate of drug-likeness (QED) is 0.584. The zero-order chi connectivity index (χ0) is 21.0. The highest BCUT2D eigenvalue weighted by Gasteiger charge is 2.21. The number of aromatic nitrogens is 2. The number of carbonyl (C=O) groups excluding carboxylic acids is 1. The molecule has 2 aromatic carbocycles. The largest absolute Gasteiger partial charge is 0.482 e. The summed E-state index contributed by atoms with van der Waals surface area (Å²) in [5, 5.41) is 14.3. The Morgan fingerprint density at radius 2 is 1.76 bits per heavy atom. The van der Waals surface area contributed by atoms with Crippen LogP contribution in [0.15, 0.2) is 48.5 Å². The van der Waals surface area contributed by atoms with Gasteiger partial charge in [0.15, 0.2) is 12.3 Å². The smallest absolute Gasteiger partial charge is 0.356 e. The third-order valence-electron chi connectivity index (χ3n) is 4.19. The highest BCUT2D eigenvalue weighted by atomic mass is 35.5. The van der Waals surface area contributed by atoms with Crippen molar-refractivity contribution in [2.45, 2.75) is 13.8 Å². The highest BCUT2D eigenvalue weighted by molar-refractivity contribution is 6.30. The van der Waals surface area contributed by atoms with Gasteiger partial charge in [-0.05, 0) is 50.2 Å². The maximum Gasteiger partial charge on any atom is 0.356 e. The number of halogens is 1. The second-order valence-corrected chi connectivity index (χ2v) is 6.57. The molecule has 0 saturated carbocycles. The minimum absolute atomic E-state index is 0.0300. The SMILES string of the molecule is CCOC(=O)COc1ccc(-n2nc(C(=O)O)c(C)c2-c2ccc(Cl)cc2)cc1. The lowest BCUT2D eigenvalue weighted by Crippen LogP contribution is -2.14. The summed E-state index contributed by atoms with van der Waals surface area (Å²) >= 11 is 5.98. The van der Waals surface area contributed by atoms with Crippen molar-refractivity contribution in [3.63, 3.8) is 0 Å². The number of carboxylic acid groups (broad SMARTS) is 1. The molecule has 1 aromatic heterocycles. The van der Waals surface area contributed by atoms with E-state index in [1.54, 1.807) is 54.9 Å². The van der Waals surface area contributed by atoms with Gasteiger partial charge in [-0.25, -0.2) is 14.3 Å². The van der Waals surface area contributed by atoms with Crippen LogP contribution in [0.4, 0.5) is 0 Å². The van der Waals surface area contributed by atoms with Crippen molar-refractivity contribution in [2.75, 3.05) is 13.2 Å². The Labute approximate surface area is 172 Å². The average molecular weight is 415 g/mol. The van der Waals surface area contributed by atoms with Crippen LogP contribution in [0.1, 0.15) is 23.0 Å². The topological polar surface area (TPSA) is 90.7 Å². The standard InChI is InChI=1S/C21H19ClN2O5/c1-3-28-18(25)12-29-17-10-8-16(9-11-17)24-20(13(2)19(23-24)21(26)27)14-4-6-15(22)7-5-14/h4-11H,3,12H2,1-2H3,(H,26,27). The summed E-state index contributed by atoms with van der Waals surface area (Å²) in [5.41, 5.74) is 2.60. The molecule has 0 amide bonds. The number of carbonyl (C=O) groups is 2. The summed E-state index contributed by atoms with van der Waals surface area (Å²) in [6.45, 7) is 3.54. The summed E-state index contributed by atoms with van der Waals surface area (Å²) in [6, 6.07) is 13.9. The maximum absolute atomic E-state index is 11.6. The summed E-state index contributed by atoms with van der Waals surface area (Å²) in [7, 11) is 0. The van der Waals surface area contributed by atoms with E-state index in [9.17, 15) is 14.7 Å². The van der Waals surface area contributed by atoms with Crippen LogP contribution in [0.5, 0.6) is 5.75 Å². The average Bonchev–Trinajstić information content (AvgIpc) is 3.05. The van der Waals surface area contributed by atoms with Crippen molar-refractivity contribution < 1.29 is 24.2 Å². The number of rotatable bonds is 7. The van der Waals surface area contributed by atoms with E-state index in [1.807, 2.05) is 12.1 Å². The van der Waals surface area contributed by atoms with Crippen LogP contribution < -0.4 is 4.74 Å². The van der Waals surface area contributed by atoms with Crippen molar-refractivity contribution in [3.8, 4) is 22.7 Å². The fourth-order valence-electron chi connectivity index (χ4n) is 2.86. The van der Waals surface area contributed by atoms with Gasteiger partial charge in [0.2, 0.25) is 0 Å². The van der Waals surface area contributed by atoms with Crippen molar-refractivity contribution in [2.24, 2.45) is 0 Å². The summed E-state index contributed by atoms with van der Waals surface area (Å²) in [5.74, 6) is -1.07. The molecule has 0 fully saturated rings. The van der Waals surface area contributed by atoms with E-state index in [0.29, 0.717) is 34.3 Å². The van der Waals surface area contributed by atoms with E-state index in [-0.39, 0.29) is 12.3 Å². The predicted octanol–water partition coefficient (Wildman–Crippen LogP) is 4.14. The summed E-state index contributed by atoms with van der Waals surface area (Å²) < 4.78 is 11.8. The minimum atomic E-state index is -1.11. The molecule has 29 heavy (non-hydrogen) atoms. The molecule has 3 aromatic rings. The second kappa shape index (κ2) is 8.79. The number of aromatic carboxylic acids is 1. The molecule has 0 spiro atoms. The molecule has 7 nitrogen and oxygen atoms in total. The third-order valence-corrected chi connectivity index (χ3v) is 4.44. The Hall–Kier alpha value is -3.32. The van der Waals surface area contributed by atoms with Gasteiger partial charge in [-0.15, -0.1) is 0 Å². The molecule has 1 heterocycles. The van der Waals surface area contributed by atoms with Crippen LogP contribution in [0.25, 0.3) is 16.9 Å². The van der Waals surface area contributed by atoms with Gasteiger partial charge in [0.1, 0.15) is 5.75 Å². The fourth-order valence-corrected chi connectivity index (χ4v) is 2.99. The Bertz CT molecular complexity index is 1030. The predicted molar refractivity (Wildman–Crippen MR) is 108 cm³/mol. The van der Waals surface area contributed by atoms with Gasteiger partial charge in [-0.1, -0.05) is 23.7 Å². The number of hydrogen-bond donors (Lipinski definition) is 1. The first kappa shape index (κ1) is 20.4. The molecular formula is C21H19ClN2O5. The Balaban J connectivity index is 1.95. The van der Waals surface area contributed by atoms with Gasteiger partial charge in [0.25, 0.3) is 0 Å². The van der Waals surface area contributed by atoms with Crippen LogP contribution in [0, 0.1) is 6.92 Å². The Morgan fingerprint density at radius 3 is 2.34 bits per heavy atom. The zero-order valence-electron chi connectivity index (χ0n) is 15.9. The van der Waals surface area contributed by atoms with E-state index in [4.69, 9.17) is 21.1 Å². The molecule has 8 heteroatoms. The van der Waals surface area contributed by atoms with Crippen molar-refractivity contribution in [1.29, 1.82) is 0 Å². The highest BCUT2D eigenvalue weighted by Crippen LogP contribution is 2.30. The van der Waals surface area contributed by atoms with E-state index in [1.165, 1.54) is 0 Å². The van der Waals surface area contributed by atoms with Gasteiger partial charge < -0.3 is 14.6 Å². The molecule has 0 aliphatic heterocycles. The number of ether oxygens (including phenoxy) is 2. The number of benzene rings is 2. The minimum Gasteiger partial charge on any atom is -0.482 e. The fraction of sp³-hybridized carbons (Fsp3) is 0.190. The van der Waals surface area contributed by atoms with Crippen LogP contribution in [0.3, 0.4) is 0 Å². The number of esters is 1. The summed E-state index contributed by atoms with van der Waals surface area (Å²) in [4.78, 5) is 23.0. The second-order valence-electron chi connectivity index (χ2n) is 6.13. The van der Waals surface area contributed by atoms with Crippen molar-refractivity contribution in [3.05, 3.63) is 64.8 Å². The first-order valence-corrected chi connectivity index (χ1v) is 9.26. The van der Waals surface area contributed by atoms with Crippen molar-refractivity contribution in [1.82, 2.24) is 9.78 Å². The molecule has 0 unspecified atom stereocenters. The zero-order valence-corrected chi connectivity index (χ0v) is 16.6. The molecular weight excluding hydrogens is 396 g/mol. The first-order valence-electron chi connectivity index (χ1n) is 8.88. The monoisotopic (exact) mass is 414 g/mol. The van der Waals surface area contributed by atoms with E-state index in [0.717, 1.165) is 5.56 Å². The number of hydrogen-bond acceptors (Lipinski definition) is 5. The lowest BCUT2D eigenvalue weighted by Gasteiger charge is -2.10. The van der Waals surface area contributed by atoms with Gasteiger partial charge in [0.05, 0.1) is 18.0 Å². The lowest BCUT2D eigenvalue weighted by atomic mass is 10.1. The molecule has 0 radical (unpaired) electrons. The summed E-state index contributed by atoms with van der Waals surface area (Å²) in [6.07, 6.45) is 0. The van der Waals surface area contributed by atoms with Gasteiger partial charge >= 0.3 is 11.9 Å². The lowest BCUT2D eigenvalue weighted by molar-refractivity contribution is -0.145. The van der Waals surface area contributed by atoms with Gasteiger partial charge in [0, 0.05) is 16.1 Å². The van der Waals surface area contributed by atoms with Crippen LogP contribution in [-0.4, -0.2) is 40.0 Å². The van der Waals surface area contributed by atoms with E-state index in [2.05, 4.69) is 5.10 Å². The molecule has 0 aliphatic rings. The maximum atomic E-state index is 11.6. The van der Waals surface area contributed by atoms with E-state index < -0.39 is 11.9 Å².